The molecule has 0 rings (SSSR count). The molecule has 0 aromatic heterocycles. The van der Waals surface area contributed by atoms with E-state index in [0.29, 0.717) is 0 Å². The van der Waals surface area contributed by atoms with Crippen molar-refractivity contribution in [3.8, 4) is 0 Å². The molecule has 4 heteroatoms. The Morgan fingerprint density at radius 3 is 1.75 bits per heavy atom. The van der Waals surface area contributed by atoms with Gasteiger partial charge in [-0.1, -0.05) is 0 Å². The molecule has 0 atom stereocenters. The average Bonchev–Trinajstić information content (AvgIpc) is 0.918. The SMILES string of the molecule is O=[N+][O-].[S]. The molecule has 0 bridgehead atoms. The summed E-state index contributed by atoms with van der Waals surface area (Å²) in [6.45, 7) is 0. The zero-order chi connectivity index (χ0) is 2.71. The molecular weight excluding hydrogens is 78.1 g/mol. The molecule has 0 aliphatic rings. The van der Waals surface area contributed by atoms with Gasteiger partial charge in [-0.05, 0) is 0 Å². The first-order valence-electron chi connectivity index (χ1n) is 0.365. The first kappa shape index (κ1) is 9.26. The predicted molar refractivity (Wildman–Crippen MR) is 16.5 cm³/mol. The van der Waals surface area contributed by atoms with Gasteiger partial charge in [-0.3, -0.25) is 0 Å². The average molecular weight is 78.1 g/mol. The Morgan fingerprint density at radius 1 is 1.75 bits per heavy atom. The summed E-state index contributed by atoms with van der Waals surface area (Å²) in [6.07, 6.45) is 0. The first-order chi connectivity index (χ1) is 1.41. The fourth-order valence-electron chi connectivity index (χ4n) is 0. The molecule has 0 heterocycles. The molecule has 0 aromatic rings. The van der Waals surface area contributed by atoms with E-state index in [0.717, 1.165) is 5.34 Å². The lowest BCUT2D eigenvalue weighted by molar-refractivity contribution is 1.38. The van der Waals surface area contributed by atoms with E-state index in [4.69, 9.17) is 10.1 Å². The van der Waals surface area contributed by atoms with Gasteiger partial charge in [0.1, 0.15) is 0 Å². The molecule has 0 saturated heterocycles. The van der Waals surface area contributed by atoms with Crippen molar-refractivity contribution in [1.82, 2.24) is 5.34 Å². The van der Waals surface area contributed by atoms with Crippen molar-refractivity contribution in [1.29, 1.82) is 0 Å². The Kier molecular flexibility index (Phi) is 34.7. The van der Waals surface area contributed by atoms with E-state index in [1.807, 2.05) is 0 Å². The van der Waals surface area contributed by atoms with E-state index >= 15 is 0 Å². The van der Waals surface area contributed by atoms with Crippen LogP contribution in [0.3, 0.4) is 0 Å². The highest BCUT2D eigenvalue weighted by atomic mass is 32.1. The van der Waals surface area contributed by atoms with Crippen molar-refractivity contribution in [3.05, 3.63) is 10.1 Å². The van der Waals surface area contributed by atoms with Crippen LogP contribution in [0.25, 0.3) is 0 Å². The number of hydrogen-bond donors (Lipinski definition) is 0. The van der Waals surface area contributed by atoms with Gasteiger partial charge in [0.2, 0.25) is 0 Å². The maximum Gasteiger partial charge on any atom is 0.387 e. The first-order valence-corrected chi connectivity index (χ1v) is 0.365. The van der Waals surface area contributed by atoms with Crippen LogP contribution in [0, 0.1) is 10.1 Å². The maximum absolute atomic E-state index is 8.00. The highest BCUT2D eigenvalue weighted by molar-refractivity contribution is 7.59. The van der Waals surface area contributed by atoms with E-state index in [2.05, 4.69) is 0 Å². The van der Waals surface area contributed by atoms with Crippen LogP contribution in [0.4, 0.5) is 0 Å². The third kappa shape index (κ3) is 15.7. The van der Waals surface area contributed by atoms with Crippen LogP contribution < -0.4 is 5.34 Å². The van der Waals surface area contributed by atoms with Crippen molar-refractivity contribution < 1.29 is 0 Å². The molecule has 0 saturated carbocycles. The molecule has 3 nitrogen and oxygen atoms in total. The molecule has 0 amide bonds. The summed E-state index contributed by atoms with van der Waals surface area (Å²) < 4.78 is 0. The predicted octanol–water partition coefficient (Wildman–Crippen LogP) is 0.235. The molecule has 0 N–H and O–H groups in total. The summed E-state index contributed by atoms with van der Waals surface area (Å²) in [5.41, 5.74) is 0. The van der Waals surface area contributed by atoms with Crippen LogP contribution in [0.5, 0.6) is 0 Å². The zero-order valence-corrected chi connectivity index (χ0v) is 2.49. The summed E-state index contributed by atoms with van der Waals surface area (Å²) in [5, 5.41) is 9.00. The van der Waals surface area contributed by atoms with Crippen LogP contribution in [-0.2, 0) is 0 Å². The minimum Gasteiger partial charge on any atom is -0.194 e. The zero-order valence-electron chi connectivity index (χ0n) is 1.67. The largest absolute Gasteiger partial charge is 0.387 e. The van der Waals surface area contributed by atoms with Crippen molar-refractivity contribution >= 4 is 13.5 Å². The lowest BCUT2D eigenvalue weighted by atomic mass is 13.4. The van der Waals surface area contributed by atoms with Crippen molar-refractivity contribution in [3.63, 3.8) is 0 Å². The molecule has 0 fully saturated rings. The maximum atomic E-state index is 8.00. The van der Waals surface area contributed by atoms with Crippen molar-refractivity contribution in [2.24, 2.45) is 0 Å². The third-order valence-corrected chi connectivity index (χ3v) is 0. The van der Waals surface area contributed by atoms with Crippen LogP contribution in [0.1, 0.15) is 0 Å². The standard InChI is InChI=1S/NO2.S/c2-1-3;. The molecule has 0 aliphatic heterocycles. The Bertz CT molecular complexity index is 13.5. The van der Waals surface area contributed by atoms with E-state index in [-0.39, 0.29) is 13.5 Å². The minimum atomic E-state index is 0. The monoisotopic (exact) mass is 78.0 g/mol. The van der Waals surface area contributed by atoms with Crippen LogP contribution in [0.2, 0.25) is 0 Å². The van der Waals surface area contributed by atoms with Crippen LogP contribution in [0.15, 0.2) is 0 Å². The van der Waals surface area contributed by atoms with Gasteiger partial charge in [0.05, 0.1) is 0 Å². The van der Waals surface area contributed by atoms with E-state index < -0.39 is 0 Å². The summed E-state index contributed by atoms with van der Waals surface area (Å²) in [6, 6.07) is 0. The Balaban J connectivity index is 0. The van der Waals surface area contributed by atoms with Gasteiger partial charge in [-0.2, -0.15) is 10.1 Å². The second-order valence-corrected chi connectivity index (χ2v) is 0.0745. The molecule has 4 heavy (non-hydrogen) atoms. The number of hydrogen-bond acceptors (Lipinski definition) is 3. The van der Waals surface area contributed by atoms with E-state index in [1.165, 1.54) is 0 Å². The number of rotatable bonds is 0. The molecule has 23 valence electrons. The molecule has 3 radical (unpaired) electrons. The van der Waals surface area contributed by atoms with Crippen molar-refractivity contribution in [2.45, 2.75) is 0 Å². The second kappa shape index (κ2) is 15.0. The number of nitrogens with zero attached hydrogens (tertiary/aromatic N) is 1. The van der Waals surface area contributed by atoms with Crippen molar-refractivity contribution in [2.75, 3.05) is 0 Å². The van der Waals surface area contributed by atoms with Gasteiger partial charge in [0, 0.05) is 13.5 Å². The van der Waals surface area contributed by atoms with Gasteiger partial charge >= 0.3 is 5.34 Å². The molecular formula is NO2S. The molecule has 0 aromatic carbocycles. The lowest BCUT2D eigenvalue weighted by Gasteiger charge is -1.16. The fourth-order valence-corrected chi connectivity index (χ4v) is 0. The fraction of sp³-hybridized carbons (Fsp3) is 0. The highest BCUT2D eigenvalue weighted by Crippen LogP contribution is 1.03. The van der Waals surface area contributed by atoms with Gasteiger partial charge in [0.15, 0.2) is 0 Å². The lowest BCUT2D eigenvalue weighted by Crippen LogP contribution is -1.47. The third-order valence-electron chi connectivity index (χ3n) is 0. The summed E-state index contributed by atoms with van der Waals surface area (Å²) in [4.78, 5) is 8.00. The van der Waals surface area contributed by atoms with Gasteiger partial charge in [-0.15, -0.1) is 0 Å². The Labute approximate surface area is 30.0 Å². The second-order valence-electron chi connectivity index (χ2n) is 0.0745. The van der Waals surface area contributed by atoms with Crippen LogP contribution in [-0.4, -0.2) is 0 Å². The normalized spacial score (nSPS) is 3.00. The topological polar surface area (TPSA) is 54.2 Å². The molecule has 0 unspecified atom stereocenters. The molecule has 0 spiro atoms. The minimum absolute atomic E-state index is 0. The van der Waals surface area contributed by atoms with Crippen LogP contribution >= 0.6 is 13.5 Å². The Hall–Kier alpha value is -0.250. The van der Waals surface area contributed by atoms with Gasteiger partial charge < -0.3 is 0 Å². The highest BCUT2D eigenvalue weighted by Gasteiger charge is 1.36. The van der Waals surface area contributed by atoms with E-state index in [9.17, 15) is 0 Å². The summed E-state index contributed by atoms with van der Waals surface area (Å²) in [5.74, 6) is 0. The molecule has 0 aliphatic carbocycles. The Morgan fingerprint density at radius 2 is 1.75 bits per heavy atom. The summed E-state index contributed by atoms with van der Waals surface area (Å²) in [7, 11) is 0. The summed E-state index contributed by atoms with van der Waals surface area (Å²) >= 11 is 0. The van der Waals surface area contributed by atoms with E-state index in [1.54, 1.807) is 0 Å². The quantitative estimate of drug-likeness (QED) is 0.307. The van der Waals surface area contributed by atoms with Gasteiger partial charge in [-0.25, -0.2) is 0 Å². The van der Waals surface area contributed by atoms with Gasteiger partial charge in [0.25, 0.3) is 0 Å². The smallest absolute Gasteiger partial charge is 0.194 e.